The first-order chi connectivity index (χ1) is 9.22. The highest BCUT2D eigenvalue weighted by molar-refractivity contribution is 9.10. The van der Waals surface area contributed by atoms with E-state index in [0.29, 0.717) is 4.32 Å². The summed E-state index contributed by atoms with van der Waals surface area (Å²) in [5, 5.41) is 0. The van der Waals surface area contributed by atoms with Gasteiger partial charge in [-0.1, -0.05) is 46.3 Å². The van der Waals surface area contributed by atoms with Crippen LogP contribution in [0.15, 0.2) is 30.3 Å². The monoisotopic (exact) mass is 318 g/mol. The van der Waals surface area contributed by atoms with E-state index >= 15 is 0 Å². The number of aryl methyl sites for hydroxylation is 1. The van der Waals surface area contributed by atoms with Gasteiger partial charge in [0.1, 0.15) is 0 Å². The molecule has 4 aliphatic rings. The number of halogens is 1. The highest BCUT2D eigenvalue weighted by Crippen LogP contribution is 2.62. The van der Waals surface area contributed by atoms with Gasteiger partial charge in [-0.3, -0.25) is 0 Å². The van der Waals surface area contributed by atoms with Crippen molar-refractivity contribution in [3.63, 3.8) is 0 Å². The summed E-state index contributed by atoms with van der Waals surface area (Å²) in [7, 11) is 0. The molecule has 0 heterocycles. The molecule has 2 atom stereocenters. The maximum absolute atomic E-state index is 4.08. The molecular formula is C18H23Br. The minimum atomic E-state index is 0.548. The molecule has 2 unspecified atom stereocenters. The van der Waals surface area contributed by atoms with E-state index in [4.69, 9.17) is 0 Å². The molecule has 0 aliphatic heterocycles. The van der Waals surface area contributed by atoms with Crippen LogP contribution in [0.3, 0.4) is 0 Å². The second-order valence-corrected chi connectivity index (χ2v) is 8.99. The molecule has 4 bridgehead atoms. The first-order valence-electron chi connectivity index (χ1n) is 7.95. The van der Waals surface area contributed by atoms with Crippen LogP contribution < -0.4 is 0 Å². The van der Waals surface area contributed by atoms with Crippen molar-refractivity contribution >= 4 is 15.9 Å². The van der Waals surface area contributed by atoms with Crippen LogP contribution in [0.1, 0.15) is 44.1 Å². The second kappa shape index (κ2) is 4.62. The smallest absolute Gasteiger partial charge is 0.0266 e. The van der Waals surface area contributed by atoms with Crippen LogP contribution in [-0.2, 0) is 6.42 Å². The molecule has 4 saturated carbocycles. The Morgan fingerprint density at radius 3 is 2.32 bits per heavy atom. The predicted octanol–water partition coefficient (Wildman–Crippen LogP) is 5.21. The van der Waals surface area contributed by atoms with Crippen molar-refractivity contribution < 1.29 is 0 Å². The zero-order valence-electron chi connectivity index (χ0n) is 11.5. The molecule has 4 aliphatic carbocycles. The highest BCUT2D eigenvalue weighted by atomic mass is 79.9. The Balaban J connectivity index is 1.45. The maximum Gasteiger partial charge on any atom is 0.0266 e. The molecule has 0 saturated heterocycles. The van der Waals surface area contributed by atoms with Crippen LogP contribution in [0.4, 0.5) is 0 Å². The standard InChI is InChI=1S/C18H23Br/c19-18-10-14-8-15(11-18)17(16(9-14)12-18)7-6-13-4-2-1-3-5-13/h1-5,14-17H,6-12H2. The van der Waals surface area contributed by atoms with E-state index in [1.165, 1.54) is 50.5 Å². The fourth-order valence-electron chi connectivity index (χ4n) is 5.48. The summed E-state index contributed by atoms with van der Waals surface area (Å²) >= 11 is 4.08. The average molecular weight is 319 g/mol. The van der Waals surface area contributed by atoms with Gasteiger partial charge < -0.3 is 0 Å². The summed E-state index contributed by atoms with van der Waals surface area (Å²) in [6.45, 7) is 0. The van der Waals surface area contributed by atoms with Gasteiger partial charge >= 0.3 is 0 Å². The number of benzene rings is 1. The van der Waals surface area contributed by atoms with Crippen LogP contribution in [-0.4, -0.2) is 4.32 Å². The van der Waals surface area contributed by atoms with Crippen molar-refractivity contribution in [3.05, 3.63) is 35.9 Å². The molecule has 19 heavy (non-hydrogen) atoms. The second-order valence-electron chi connectivity index (χ2n) is 7.31. The molecular weight excluding hydrogens is 296 g/mol. The van der Waals surface area contributed by atoms with Crippen LogP contribution in [0.25, 0.3) is 0 Å². The third-order valence-electron chi connectivity index (χ3n) is 6.00. The van der Waals surface area contributed by atoms with Crippen molar-refractivity contribution in [1.82, 2.24) is 0 Å². The van der Waals surface area contributed by atoms with E-state index in [2.05, 4.69) is 46.3 Å². The zero-order chi connectivity index (χ0) is 12.9. The van der Waals surface area contributed by atoms with Crippen molar-refractivity contribution in [3.8, 4) is 0 Å². The van der Waals surface area contributed by atoms with Crippen LogP contribution >= 0.6 is 15.9 Å². The van der Waals surface area contributed by atoms with Crippen molar-refractivity contribution in [1.29, 1.82) is 0 Å². The van der Waals surface area contributed by atoms with Gasteiger partial charge in [-0.15, -0.1) is 0 Å². The summed E-state index contributed by atoms with van der Waals surface area (Å²) < 4.78 is 0.548. The molecule has 102 valence electrons. The Morgan fingerprint density at radius 2 is 1.68 bits per heavy atom. The molecule has 0 amide bonds. The highest BCUT2D eigenvalue weighted by Gasteiger charge is 2.53. The topological polar surface area (TPSA) is 0 Å². The van der Waals surface area contributed by atoms with Crippen LogP contribution in [0.5, 0.6) is 0 Å². The van der Waals surface area contributed by atoms with Crippen molar-refractivity contribution in [2.45, 2.75) is 49.3 Å². The molecule has 1 aromatic carbocycles. The fraction of sp³-hybridized carbons (Fsp3) is 0.667. The normalized spacial score (nSPS) is 43.6. The molecule has 0 nitrogen and oxygen atoms in total. The largest absolute Gasteiger partial charge is 0.0853 e. The lowest BCUT2D eigenvalue weighted by molar-refractivity contribution is -0.0220. The van der Waals surface area contributed by atoms with Gasteiger partial charge in [0.2, 0.25) is 0 Å². The Morgan fingerprint density at radius 1 is 1.00 bits per heavy atom. The molecule has 0 radical (unpaired) electrons. The van der Waals surface area contributed by atoms with Gasteiger partial charge in [0.15, 0.2) is 0 Å². The number of hydrogen-bond donors (Lipinski definition) is 0. The summed E-state index contributed by atoms with van der Waals surface area (Å²) in [6.07, 6.45) is 10.2. The Bertz CT molecular complexity index is 436. The molecule has 4 fully saturated rings. The minimum absolute atomic E-state index is 0.548. The van der Waals surface area contributed by atoms with E-state index < -0.39 is 0 Å². The number of rotatable bonds is 3. The number of alkyl halides is 1. The number of hydrogen-bond acceptors (Lipinski definition) is 0. The first kappa shape index (κ1) is 12.4. The average Bonchev–Trinajstić information content (AvgIpc) is 2.37. The predicted molar refractivity (Wildman–Crippen MR) is 83.5 cm³/mol. The van der Waals surface area contributed by atoms with E-state index in [1.807, 2.05) is 0 Å². The maximum atomic E-state index is 4.08. The van der Waals surface area contributed by atoms with Crippen LogP contribution in [0, 0.1) is 23.7 Å². The van der Waals surface area contributed by atoms with Gasteiger partial charge in [0, 0.05) is 4.32 Å². The van der Waals surface area contributed by atoms with Crippen molar-refractivity contribution in [2.24, 2.45) is 23.7 Å². The van der Waals surface area contributed by atoms with E-state index in [-0.39, 0.29) is 0 Å². The third kappa shape index (κ3) is 2.28. The summed E-state index contributed by atoms with van der Waals surface area (Å²) in [4.78, 5) is 0. The molecule has 0 N–H and O–H groups in total. The molecule has 0 aromatic heterocycles. The van der Waals surface area contributed by atoms with Gasteiger partial charge in [0.25, 0.3) is 0 Å². The summed E-state index contributed by atoms with van der Waals surface area (Å²) in [6, 6.07) is 11.1. The fourth-order valence-corrected chi connectivity index (χ4v) is 6.77. The Labute approximate surface area is 125 Å². The molecule has 5 rings (SSSR count). The molecule has 1 heteroatoms. The Kier molecular flexibility index (Phi) is 3.02. The minimum Gasteiger partial charge on any atom is -0.0853 e. The summed E-state index contributed by atoms with van der Waals surface area (Å²) in [5.41, 5.74) is 1.53. The summed E-state index contributed by atoms with van der Waals surface area (Å²) in [5.74, 6) is 4.11. The molecule has 1 aromatic rings. The van der Waals surface area contributed by atoms with Gasteiger partial charge in [-0.25, -0.2) is 0 Å². The van der Waals surface area contributed by atoms with Gasteiger partial charge in [-0.2, -0.15) is 0 Å². The zero-order valence-corrected chi connectivity index (χ0v) is 13.1. The Hall–Kier alpha value is -0.300. The van der Waals surface area contributed by atoms with Crippen LogP contribution in [0.2, 0.25) is 0 Å². The lowest BCUT2D eigenvalue weighted by Gasteiger charge is -2.58. The van der Waals surface area contributed by atoms with E-state index in [9.17, 15) is 0 Å². The molecule has 0 spiro atoms. The van der Waals surface area contributed by atoms with E-state index in [1.54, 1.807) is 0 Å². The third-order valence-corrected chi connectivity index (χ3v) is 6.97. The van der Waals surface area contributed by atoms with Crippen molar-refractivity contribution in [2.75, 3.05) is 0 Å². The van der Waals surface area contributed by atoms with E-state index in [0.717, 1.165) is 23.7 Å². The lowest BCUT2D eigenvalue weighted by Crippen LogP contribution is -2.51. The lowest BCUT2D eigenvalue weighted by atomic mass is 9.51. The SMILES string of the molecule is BrC12CC3CC(C1)C(CCc1ccccc1)C(C3)C2. The first-order valence-corrected chi connectivity index (χ1v) is 8.74. The van der Waals surface area contributed by atoms with Gasteiger partial charge in [-0.05, 0) is 74.2 Å². The van der Waals surface area contributed by atoms with Gasteiger partial charge in [0.05, 0.1) is 0 Å². The quantitative estimate of drug-likeness (QED) is 0.671.